The number of carboxylic acid groups (broad SMARTS) is 2. The molecule has 16 nitrogen and oxygen atoms in total. The minimum absolute atomic E-state index is 0. The van der Waals surface area contributed by atoms with Gasteiger partial charge < -0.3 is 29.5 Å². The Labute approximate surface area is 304 Å². The topological polar surface area (TPSA) is 279 Å². The summed E-state index contributed by atoms with van der Waals surface area (Å²) in [5.74, 6) is -3.98. The number of nitrogens with zero attached hydrogens (tertiary/aromatic N) is 4. The summed E-state index contributed by atoms with van der Waals surface area (Å²) in [4.78, 5) is 20.5. The van der Waals surface area contributed by atoms with E-state index in [4.69, 9.17) is 10.2 Å². The number of aromatic carboxylic acids is 2. The van der Waals surface area contributed by atoms with Crippen LogP contribution in [-0.2, 0) is 20.2 Å². The molecule has 4 rings (SSSR count). The molecule has 0 aliphatic carbocycles. The van der Waals surface area contributed by atoms with E-state index in [-0.39, 0.29) is 81.9 Å². The van der Waals surface area contributed by atoms with E-state index < -0.39 is 75.7 Å². The zero-order valence-corrected chi connectivity index (χ0v) is 29.2. The van der Waals surface area contributed by atoms with Crippen LogP contribution in [0.3, 0.4) is 0 Å². The van der Waals surface area contributed by atoms with Crippen molar-refractivity contribution in [1.29, 1.82) is 0 Å². The number of carboxylic acids is 2. The first-order valence-corrected chi connectivity index (χ1v) is 14.5. The number of carbonyl (C=O) groups is 2. The summed E-state index contributed by atoms with van der Waals surface area (Å²) in [5, 5.41) is 52.5. The Balaban J connectivity index is 0.00000368. The number of benzene rings is 4. The van der Waals surface area contributed by atoms with Crippen molar-refractivity contribution < 1.29 is 115 Å². The third kappa shape index (κ3) is 9.26. The molecule has 0 saturated heterocycles. The fraction of sp³-hybridized carbons (Fsp3) is 0. The molecule has 0 heterocycles. The third-order valence-electron chi connectivity index (χ3n) is 5.74. The van der Waals surface area contributed by atoms with Crippen molar-refractivity contribution in [2.75, 3.05) is 0 Å². The van der Waals surface area contributed by atoms with Gasteiger partial charge in [0.15, 0.2) is 0 Å². The molecule has 0 radical (unpaired) electrons. The second kappa shape index (κ2) is 15.4. The molecule has 4 N–H and O–H groups in total. The second-order valence-corrected chi connectivity index (χ2v) is 11.4. The number of hydrogen-bond acceptors (Lipinski definition) is 14. The maximum absolute atomic E-state index is 12.2. The first-order valence-electron chi connectivity index (χ1n) is 11.7. The van der Waals surface area contributed by atoms with Gasteiger partial charge in [0.2, 0.25) is 0 Å². The minimum Gasteiger partial charge on any atom is -0.744 e. The zero-order chi connectivity index (χ0) is 32.4. The molecular formula is C26H16N4Na2O12S2. The van der Waals surface area contributed by atoms with Crippen molar-refractivity contribution in [3.05, 3.63) is 83.9 Å². The van der Waals surface area contributed by atoms with E-state index in [9.17, 15) is 45.7 Å². The van der Waals surface area contributed by atoms with Crippen molar-refractivity contribution >= 4 is 54.9 Å². The van der Waals surface area contributed by atoms with E-state index in [0.29, 0.717) is 0 Å². The van der Waals surface area contributed by atoms with Crippen LogP contribution in [0.5, 0.6) is 11.5 Å². The molecule has 0 amide bonds. The number of azo groups is 2. The average Bonchev–Trinajstić information content (AvgIpc) is 2.95. The summed E-state index contributed by atoms with van der Waals surface area (Å²) < 4.78 is 72.9. The van der Waals surface area contributed by atoms with Gasteiger partial charge in [-0.1, -0.05) is 12.1 Å². The maximum Gasteiger partial charge on any atom is 1.00 e. The molecule has 0 atom stereocenters. The molecule has 0 saturated carbocycles. The molecule has 0 fully saturated rings. The van der Waals surface area contributed by atoms with E-state index in [2.05, 4.69) is 20.5 Å². The Hall–Kier alpha value is -3.56. The van der Waals surface area contributed by atoms with Crippen LogP contribution in [0, 0.1) is 0 Å². The molecule has 46 heavy (non-hydrogen) atoms. The first-order chi connectivity index (χ1) is 20.5. The summed E-state index contributed by atoms with van der Waals surface area (Å²) in [7, 11) is -10.6. The van der Waals surface area contributed by atoms with Crippen LogP contribution in [0.4, 0.5) is 22.7 Å². The average molecular weight is 687 g/mol. The Bertz CT molecular complexity index is 1970. The van der Waals surface area contributed by atoms with Gasteiger partial charge in [-0.15, -0.1) is 0 Å². The van der Waals surface area contributed by atoms with Gasteiger partial charge in [-0.05, 0) is 60.7 Å². The first kappa shape index (κ1) is 38.6. The molecule has 20 heteroatoms. The summed E-state index contributed by atoms with van der Waals surface area (Å²) in [6.45, 7) is 0. The fourth-order valence-corrected chi connectivity index (χ4v) is 5.18. The van der Waals surface area contributed by atoms with E-state index >= 15 is 0 Å². The normalized spacial score (nSPS) is 11.6. The molecule has 0 spiro atoms. The van der Waals surface area contributed by atoms with Crippen molar-refractivity contribution in [2.45, 2.75) is 9.79 Å². The van der Waals surface area contributed by atoms with E-state index in [1.807, 2.05) is 0 Å². The predicted molar refractivity (Wildman–Crippen MR) is 146 cm³/mol. The van der Waals surface area contributed by atoms with E-state index in [1.54, 1.807) is 0 Å². The molecule has 0 aliphatic rings. The van der Waals surface area contributed by atoms with Gasteiger partial charge in [0, 0.05) is 11.1 Å². The van der Waals surface area contributed by atoms with Crippen LogP contribution < -0.4 is 59.1 Å². The monoisotopic (exact) mass is 686 g/mol. The van der Waals surface area contributed by atoms with Crippen molar-refractivity contribution in [3.8, 4) is 22.6 Å². The van der Waals surface area contributed by atoms with E-state index in [0.717, 1.165) is 60.7 Å². The Morgan fingerprint density at radius 1 is 0.522 bits per heavy atom. The smallest absolute Gasteiger partial charge is 0.744 e. The number of aromatic hydroxyl groups is 2. The molecule has 0 unspecified atom stereocenters. The number of hydrogen-bond donors (Lipinski definition) is 4. The molecule has 0 aliphatic heterocycles. The molecular weight excluding hydrogens is 670 g/mol. The maximum atomic E-state index is 12.2. The van der Waals surface area contributed by atoms with Crippen LogP contribution in [0.2, 0.25) is 0 Å². The van der Waals surface area contributed by atoms with Crippen LogP contribution in [-0.4, -0.2) is 58.3 Å². The Kier molecular flexibility index (Phi) is 12.9. The quantitative estimate of drug-likeness (QED) is 0.0919. The van der Waals surface area contributed by atoms with Gasteiger partial charge in [0.05, 0.1) is 32.5 Å². The molecule has 4 aromatic rings. The van der Waals surface area contributed by atoms with Gasteiger partial charge in [-0.2, -0.15) is 20.5 Å². The van der Waals surface area contributed by atoms with Crippen molar-refractivity contribution in [3.63, 3.8) is 0 Å². The van der Waals surface area contributed by atoms with Gasteiger partial charge in [0.25, 0.3) is 0 Å². The molecule has 4 aromatic carbocycles. The van der Waals surface area contributed by atoms with Crippen LogP contribution in [0.1, 0.15) is 20.7 Å². The number of phenols is 2. The van der Waals surface area contributed by atoms with Crippen LogP contribution in [0.25, 0.3) is 11.1 Å². The van der Waals surface area contributed by atoms with Crippen molar-refractivity contribution in [1.82, 2.24) is 0 Å². The predicted octanol–water partition coefficient (Wildman–Crippen LogP) is -1.19. The minimum atomic E-state index is -5.31. The summed E-state index contributed by atoms with van der Waals surface area (Å²) in [5.41, 5.74) is -2.46. The van der Waals surface area contributed by atoms with E-state index in [1.165, 1.54) is 12.1 Å². The van der Waals surface area contributed by atoms with Gasteiger partial charge >= 0.3 is 71.1 Å². The third-order valence-corrected chi connectivity index (χ3v) is 7.50. The van der Waals surface area contributed by atoms with Crippen LogP contribution in [0.15, 0.2) is 103 Å². The van der Waals surface area contributed by atoms with Gasteiger partial charge in [-0.25, -0.2) is 26.4 Å². The number of rotatable bonds is 9. The van der Waals surface area contributed by atoms with Gasteiger partial charge in [-0.3, -0.25) is 0 Å². The SMILES string of the molecule is O=C(O)c1cc(N=Nc2ccc(-c3ccc(N=Nc4ccc(O)c(C(=O)O)c4)cc3S(=O)(=O)[O-])c(S(=O)(=O)[O-])c2)ccc1O.[Na+].[Na+]. The summed E-state index contributed by atoms with van der Waals surface area (Å²) in [6, 6.07) is 12.3. The summed E-state index contributed by atoms with van der Waals surface area (Å²) >= 11 is 0. The molecule has 226 valence electrons. The zero-order valence-electron chi connectivity index (χ0n) is 23.6. The molecule has 0 aromatic heterocycles. The standard InChI is InChI=1S/C26H18N4O12S2.2Na/c31-21-7-3-13(9-19(21)25(33)34)27-29-15-1-5-17(23(11-15)43(37,38)39)18-6-2-16(12-24(18)44(40,41)42)30-28-14-4-8-22(32)20(10-14)26(35)36;;/h1-12,31-32H,(H,33,34)(H,35,36)(H,37,38,39)(H,40,41,42);;/q;2*+1/p-2. The van der Waals surface area contributed by atoms with Crippen molar-refractivity contribution in [2.24, 2.45) is 20.5 Å². The molecule has 0 bridgehead atoms. The van der Waals surface area contributed by atoms with Gasteiger partial charge in [0.1, 0.15) is 42.9 Å². The largest absolute Gasteiger partial charge is 1.00 e. The Morgan fingerprint density at radius 2 is 0.804 bits per heavy atom. The summed E-state index contributed by atoms with van der Waals surface area (Å²) in [6.07, 6.45) is 0. The second-order valence-electron chi connectivity index (χ2n) is 8.68. The fourth-order valence-electron chi connectivity index (χ4n) is 3.75. The van der Waals surface area contributed by atoms with Crippen LogP contribution >= 0.6 is 0 Å². The Morgan fingerprint density at radius 3 is 1.09 bits per heavy atom.